The Morgan fingerprint density at radius 1 is 0.947 bits per heavy atom. The van der Waals surface area contributed by atoms with E-state index in [1.54, 1.807) is 0 Å². The first kappa shape index (κ1) is 13.5. The quantitative estimate of drug-likeness (QED) is 0.839. The lowest BCUT2D eigenvalue weighted by molar-refractivity contribution is 0.866. The average Bonchev–Trinajstić information content (AvgIpc) is 2.44. The molecule has 19 heavy (non-hydrogen) atoms. The predicted octanol–water partition coefficient (Wildman–Crippen LogP) is 4.58. The monoisotopic (exact) mass is 254 g/mol. The van der Waals surface area contributed by atoms with Crippen molar-refractivity contribution in [1.29, 1.82) is 0 Å². The first-order valence-electron chi connectivity index (χ1n) is 6.92. The molecule has 0 bridgehead atoms. The molecule has 0 saturated carbocycles. The highest BCUT2D eigenvalue weighted by Gasteiger charge is 2.04. The van der Waals surface area contributed by atoms with Crippen LogP contribution < -0.4 is 10.2 Å². The molecule has 0 saturated heterocycles. The molecule has 100 valence electrons. The molecule has 2 heteroatoms. The van der Waals surface area contributed by atoms with E-state index in [0.29, 0.717) is 0 Å². The molecule has 0 heterocycles. The maximum Gasteiger partial charge on any atom is 0.0415 e. The number of anilines is 3. The smallest absolute Gasteiger partial charge is 0.0415 e. The third-order valence-electron chi connectivity index (χ3n) is 3.39. The molecule has 0 aliphatic rings. The Balaban J connectivity index is 2.20. The van der Waals surface area contributed by atoms with Gasteiger partial charge in [0.15, 0.2) is 0 Å². The van der Waals surface area contributed by atoms with E-state index in [1.807, 2.05) is 18.2 Å². The second kappa shape index (κ2) is 6.28. The van der Waals surface area contributed by atoms with Crippen LogP contribution in [-0.2, 0) is 0 Å². The van der Waals surface area contributed by atoms with E-state index < -0.39 is 0 Å². The van der Waals surface area contributed by atoms with Crippen molar-refractivity contribution in [2.24, 2.45) is 0 Å². The van der Waals surface area contributed by atoms with Crippen LogP contribution in [0.15, 0.2) is 48.5 Å². The van der Waals surface area contributed by atoms with Gasteiger partial charge in [0.1, 0.15) is 0 Å². The number of benzene rings is 2. The highest BCUT2D eigenvalue weighted by Crippen LogP contribution is 2.25. The van der Waals surface area contributed by atoms with Crippen LogP contribution in [0.3, 0.4) is 0 Å². The molecule has 0 fully saturated rings. The number of aryl methyl sites for hydroxylation is 1. The molecule has 2 nitrogen and oxygen atoms in total. The van der Waals surface area contributed by atoms with Gasteiger partial charge >= 0.3 is 0 Å². The van der Waals surface area contributed by atoms with Crippen molar-refractivity contribution in [2.45, 2.75) is 20.8 Å². The molecule has 2 aromatic rings. The lowest BCUT2D eigenvalue weighted by atomic mass is 10.1. The summed E-state index contributed by atoms with van der Waals surface area (Å²) in [6, 6.07) is 16.9. The third-order valence-corrected chi connectivity index (χ3v) is 3.39. The molecular formula is C17H22N2. The fourth-order valence-corrected chi connectivity index (χ4v) is 2.25. The van der Waals surface area contributed by atoms with Crippen LogP contribution in [0.2, 0.25) is 0 Å². The number of hydrogen-bond donors (Lipinski definition) is 1. The Kier molecular flexibility index (Phi) is 4.45. The first-order valence-corrected chi connectivity index (χ1v) is 6.92. The number of hydrogen-bond acceptors (Lipinski definition) is 2. The minimum atomic E-state index is 1.04. The zero-order valence-electron chi connectivity index (χ0n) is 12.0. The van der Waals surface area contributed by atoms with Gasteiger partial charge in [-0.3, -0.25) is 0 Å². The molecule has 2 rings (SSSR count). The number of rotatable bonds is 5. The Morgan fingerprint density at radius 3 is 2.21 bits per heavy atom. The molecule has 0 aliphatic carbocycles. The van der Waals surface area contributed by atoms with Crippen LogP contribution in [0.1, 0.15) is 19.4 Å². The Morgan fingerprint density at radius 2 is 1.63 bits per heavy atom. The molecular weight excluding hydrogens is 232 g/mol. The summed E-state index contributed by atoms with van der Waals surface area (Å²) in [4.78, 5) is 2.36. The summed E-state index contributed by atoms with van der Waals surface area (Å²) in [5.74, 6) is 0. The van der Waals surface area contributed by atoms with Crippen LogP contribution >= 0.6 is 0 Å². The highest BCUT2D eigenvalue weighted by molar-refractivity contribution is 5.66. The fourth-order valence-electron chi connectivity index (χ4n) is 2.25. The van der Waals surface area contributed by atoms with Crippen molar-refractivity contribution in [3.8, 4) is 0 Å². The first-order chi connectivity index (χ1) is 9.24. The van der Waals surface area contributed by atoms with Gasteiger partial charge in [0.05, 0.1) is 0 Å². The maximum absolute atomic E-state index is 3.46. The van der Waals surface area contributed by atoms with Gasteiger partial charge in [-0.25, -0.2) is 0 Å². The summed E-state index contributed by atoms with van der Waals surface area (Å²) in [7, 11) is 0. The minimum Gasteiger partial charge on any atom is -0.372 e. The van der Waals surface area contributed by atoms with Gasteiger partial charge < -0.3 is 10.2 Å². The standard InChI is InChI=1S/C17H22N2/c1-4-19(5-2)16-11-12-17(14(3)13-16)18-15-9-7-6-8-10-15/h6-13,18H,4-5H2,1-3H3. The van der Waals surface area contributed by atoms with Crippen LogP contribution in [0.4, 0.5) is 17.1 Å². The van der Waals surface area contributed by atoms with E-state index in [0.717, 1.165) is 18.8 Å². The topological polar surface area (TPSA) is 15.3 Å². The molecule has 0 radical (unpaired) electrons. The van der Waals surface area contributed by atoms with E-state index in [2.05, 4.69) is 61.3 Å². The third kappa shape index (κ3) is 3.28. The zero-order valence-corrected chi connectivity index (χ0v) is 12.0. The van der Waals surface area contributed by atoms with Crippen molar-refractivity contribution in [2.75, 3.05) is 23.3 Å². The molecule has 0 amide bonds. The molecule has 0 aromatic heterocycles. The predicted molar refractivity (Wildman–Crippen MR) is 84.5 cm³/mol. The summed E-state index contributed by atoms with van der Waals surface area (Å²) in [5.41, 5.74) is 4.86. The van der Waals surface area contributed by atoms with E-state index in [-0.39, 0.29) is 0 Å². The minimum absolute atomic E-state index is 1.04. The van der Waals surface area contributed by atoms with Crippen molar-refractivity contribution >= 4 is 17.1 Å². The second-order valence-corrected chi connectivity index (χ2v) is 4.66. The van der Waals surface area contributed by atoms with E-state index in [1.165, 1.54) is 16.9 Å². The normalized spacial score (nSPS) is 10.3. The van der Waals surface area contributed by atoms with Gasteiger partial charge in [0.2, 0.25) is 0 Å². The van der Waals surface area contributed by atoms with Gasteiger partial charge in [-0.1, -0.05) is 18.2 Å². The van der Waals surface area contributed by atoms with E-state index >= 15 is 0 Å². The molecule has 2 aromatic carbocycles. The molecule has 0 unspecified atom stereocenters. The number of para-hydroxylation sites is 1. The maximum atomic E-state index is 3.46. The zero-order chi connectivity index (χ0) is 13.7. The van der Waals surface area contributed by atoms with Crippen LogP contribution in [0.25, 0.3) is 0 Å². The van der Waals surface area contributed by atoms with Gasteiger partial charge in [-0.05, 0) is 56.7 Å². The van der Waals surface area contributed by atoms with Crippen molar-refractivity contribution in [1.82, 2.24) is 0 Å². The largest absolute Gasteiger partial charge is 0.372 e. The molecule has 1 N–H and O–H groups in total. The second-order valence-electron chi connectivity index (χ2n) is 4.66. The highest BCUT2D eigenvalue weighted by atomic mass is 15.1. The summed E-state index contributed by atoms with van der Waals surface area (Å²) in [6.07, 6.45) is 0. The van der Waals surface area contributed by atoms with E-state index in [4.69, 9.17) is 0 Å². The van der Waals surface area contributed by atoms with Crippen molar-refractivity contribution in [3.63, 3.8) is 0 Å². The summed E-state index contributed by atoms with van der Waals surface area (Å²) in [5, 5.41) is 3.46. The summed E-state index contributed by atoms with van der Waals surface area (Å²) < 4.78 is 0. The van der Waals surface area contributed by atoms with Crippen LogP contribution in [-0.4, -0.2) is 13.1 Å². The number of nitrogens with one attached hydrogen (secondary N) is 1. The SMILES string of the molecule is CCN(CC)c1ccc(Nc2ccccc2)c(C)c1. The van der Waals surface area contributed by atoms with Gasteiger partial charge in [-0.2, -0.15) is 0 Å². The summed E-state index contributed by atoms with van der Waals surface area (Å²) in [6.45, 7) is 8.62. The number of nitrogens with zero attached hydrogens (tertiary/aromatic N) is 1. The average molecular weight is 254 g/mol. The van der Waals surface area contributed by atoms with Crippen LogP contribution in [0, 0.1) is 6.92 Å². The van der Waals surface area contributed by atoms with Gasteiger partial charge in [0, 0.05) is 30.2 Å². The van der Waals surface area contributed by atoms with Gasteiger partial charge in [-0.15, -0.1) is 0 Å². The molecule has 0 atom stereocenters. The Labute approximate surface area is 116 Å². The van der Waals surface area contributed by atoms with E-state index in [9.17, 15) is 0 Å². The fraction of sp³-hybridized carbons (Fsp3) is 0.294. The lowest BCUT2D eigenvalue weighted by Crippen LogP contribution is -2.21. The summed E-state index contributed by atoms with van der Waals surface area (Å²) >= 11 is 0. The van der Waals surface area contributed by atoms with Gasteiger partial charge in [0.25, 0.3) is 0 Å². The van der Waals surface area contributed by atoms with Crippen molar-refractivity contribution in [3.05, 3.63) is 54.1 Å². The Bertz CT molecular complexity index is 516. The molecule has 0 spiro atoms. The molecule has 0 aliphatic heterocycles. The van der Waals surface area contributed by atoms with Crippen LogP contribution in [0.5, 0.6) is 0 Å². The Hall–Kier alpha value is -1.96. The lowest BCUT2D eigenvalue weighted by Gasteiger charge is -2.22. The van der Waals surface area contributed by atoms with Crippen molar-refractivity contribution < 1.29 is 0 Å².